The summed E-state index contributed by atoms with van der Waals surface area (Å²) in [4.78, 5) is 16.5. The number of carbonyl (C=O) groups is 1. The van der Waals surface area contributed by atoms with Crippen molar-refractivity contribution in [2.24, 2.45) is 0 Å². The molecule has 33 heavy (non-hydrogen) atoms. The third kappa shape index (κ3) is 6.30. The van der Waals surface area contributed by atoms with Gasteiger partial charge in [-0.15, -0.1) is 0 Å². The lowest BCUT2D eigenvalue weighted by molar-refractivity contribution is -0.114. The summed E-state index contributed by atoms with van der Waals surface area (Å²) in [6, 6.07) is 15.6. The van der Waals surface area contributed by atoms with E-state index in [0.717, 1.165) is 21.7 Å². The van der Waals surface area contributed by atoms with Crippen LogP contribution < -0.4 is 14.3 Å². The standard InChI is InChI=1S/C22H24N4O5S2/c1-16-7-12-20(17(2)14-16)26(32(3,28)29)15-22(27)24-18-8-10-19(11-9-18)33(30,31)25-21-6-4-5-13-23-21/h4-14H,15H2,1-3H3,(H,23,25)(H,24,27). The summed E-state index contributed by atoms with van der Waals surface area (Å²) in [6.07, 6.45) is 2.50. The predicted molar refractivity (Wildman–Crippen MR) is 128 cm³/mol. The van der Waals surface area contributed by atoms with Gasteiger partial charge in [-0.25, -0.2) is 21.8 Å². The summed E-state index contributed by atoms with van der Waals surface area (Å²) in [5.74, 6) is -0.384. The zero-order valence-electron chi connectivity index (χ0n) is 18.3. The van der Waals surface area contributed by atoms with Gasteiger partial charge < -0.3 is 5.32 Å². The Morgan fingerprint density at radius 1 is 0.970 bits per heavy atom. The van der Waals surface area contributed by atoms with Crippen LogP contribution in [0.4, 0.5) is 17.2 Å². The van der Waals surface area contributed by atoms with Gasteiger partial charge >= 0.3 is 0 Å². The fourth-order valence-corrected chi connectivity index (χ4v) is 5.06. The van der Waals surface area contributed by atoms with Gasteiger partial charge in [-0.1, -0.05) is 23.8 Å². The average Bonchev–Trinajstić information content (AvgIpc) is 2.72. The molecule has 3 rings (SSSR count). The topological polar surface area (TPSA) is 126 Å². The maximum atomic E-state index is 12.6. The van der Waals surface area contributed by atoms with Crippen molar-refractivity contribution in [2.45, 2.75) is 18.7 Å². The summed E-state index contributed by atoms with van der Waals surface area (Å²) >= 11 is 0. The smallest absolute Gasteiger partial charge is 0.263 e. The molecule has 0 fully saturated rings. The first-order chi connectivity index (χ1) is 15.5. The first kappa shape index (κ1) is 24.2. The van der Waals surface area contributed by atoms with Crippen molar-refractivity contribution in [2.75, 3.05) is 27.1 Å². The van der Waals surface area contributed by atoms with Gasteiger partial charge in [0.15, 0.2) is 0 Å². The van der Waals surface area contributed by atoms with E-state index < -0.39 is 32.5 Å². The first-order valence-electron chi connectivity index (χ1n) is 9.84. The molecule has 0 saturated heterocycles. The van der Waals surface area contributed by atoms with Gasteiger partial charge in [0, 0.05) is 11.9 Å². The van der Waals surface area contributed by atoms with E-state index in [4.69, 9.17) is 0 Å². The van der Waals surface area contributed by atoms with Crippen LogP contribution in [0.5, 0.6) is 0 Å². The number of benzene rings is 2. The number of hydrogen-bond acceptors (Lipinski definition) is 6. The maximum Gasteiger partial charge on any atom is 0.263 e. The maximum absolute atomic E-state index is 12.6. The number of pyridine rings is 1. The van der Waals surface area contributed by atoms with E-state index in [1.807, 2.05) is 13.0 Å². The zero-order chi connectivity index (χ0) is 24.2. The Morgan fingerprint density at radius 3 is 2.24 bits per heavy atom. The van der Waals surface area contributed by atoms with Crippen LogP contribution in [0.25, 0.3) is 0 Å². The van der Waals surface area contributed by atoms with Crippen molar-refractivity contribution in [3.05, 3.63) is 78.0 Å². The van der Waals surface area contributed by atoms with E-state index in [2.05, 4.69) is 15.0 Å². The molecule has 1 heterocycles. The van der Waals surface area contributed by atoms with E-state index >= 15 is 0 Å². The van der Waals surface area contributed by atoms with Crippen molar-refractivity contribution in [3.8, 4) is 0 Å². The summed E-state index contributed by atoms with van der Waals surface area (Å²) in [6.45, 7) is 3.24. The number of hydrogen-bond donors (Lipinski definition) is 2. The van der Waals surface area contributed by atoms with Gasteiger partial charge in [0.25, 0.3) is 10.0 Å². The summed E-state index contributed by atoms with van der Waals surface area (Å²) in [7, 11) is -7.57. The highest BCUT2D eigenvalue weighted by molar-refractivity contribution is 7.92. The second-order valence-corrected chi connectivity index (χ2v) is 11.0. The van der Waals surface area contributed by atoms with Crippen molar-refractivity contribution in [3.63, 3.8) is 0 Å². The molecule has 0 aliphatic carbocycles. The molecule has 2 N–H and O–H groups in total. The molecule has 3 aromatic rings. The molecule has 0 unspecified atom stereocenters. The lowest BCUT2D eigenvalue weighted by Crippen LogP contribution is -2.37. The zero-order valence-corrected chi connectivity index (χ0v) is 19.9. The van der Waals surface area contributed by atoms with Crippen molar-refractivity contribution in [1.82, 2.24) is 4.98 Å². The van der Waals surface area contributed by atoms with E-state index in [1.165, 1.54) is 36.5 Å². The number of nitrogens with zero attached hydrogens (tertiary/aromatic N) is 2. The van der Waals surface area contributed by atoms with Crippen molar-refractivity contribution < 1.29 is 21.6 Å². The van der Waals surface area contributed by atoms with Gasteiger partial charge in [0.05, 0.1) is 16.8 Å². The fraction of sp³-hybridized carbons (Fsp3) is 0.182. The van der Waals surface area contributed by atoms with Crippen LogP contribution in [0, 0.1) is 13.8 Å². The minimum Gasteiger partial charge on any atom is -0.325 e. The van der Waals surface area contributed by atoms with Gasteiger partial charge in [-0.3, -0.25) is 13.8 Å². The number of amides is 1. The number of aromatic nitrogens is 1. The summed E-state index contributed by atoms with van der Waals surface area (Å²) < 4.78 is 53.0. The number of sulfonamides is 2. The molecule has 0 atom stereocenters. The molecule has 174 valence electrons. The van der Waals surface area contributed by atoms with Gasteiger partial charge in [0.2, 0.25) is 15.9 Å². The Balaban J connectivity index is 1.73. The SMILES string of the molecule is Cc1ccc(N(CC(=O)Nc2ccc(S(=O)(=O)Nc3ccccn3)cc2)S(C)(=O)=O)c(C)c1. The highest BCUT2D eigenvalue weighted by Crippen LogP contribution is 2.24. The Labute approximate surface area is 193 Å². The Kier molecular flexibility index (Phi) is 7.04. The van der Waals surface area contributed by atoms with Gasteiger partial charge in [-0.2, -0.15) is 0 Å². The minimum absolute atomic E-state index is 0.0146. The summed E-state index contributed by atoms with van der Waals surface area (Å²) in [5, 5.41) is 2.60. The normalized spacial score (nSPS) is 11.6. The molecule has 0 saturated carbocycles. The second kappa shape index (κ2) is 9.59. The molecule has 0 aliphatic heterocycles. The minimum atomic E-state index is -3.85. The fourth-order valence-electron chi connectivity index (χ4n) is 3.13. The molecule has 0 bridgehead atoms. The second-order valence-electron chi connectivity index (χ2n) is 7.45. The highest BCUT2D eigenvalue weighted by Gasteiger charge is 2.22. The van der Waals surface area contributed by atoms with Crippen LogP contribution in [0.2, 0.25) is 0 Å². The molecule has 0 radical (unpaired) electrons. The highest BCUT2D eigenvalue weighted by atomic mass is 32.2. The quantitative estimate of drug-likeness (QED) is 0.502. The Hall–Kier alpha value is -3.44. The molecule has 0 spiro atoms. The molecule has 1 aromatic heterocycles. The van der Waals surface area contributed by atoms with E-state index in [0.29, 0.717) is 11.4 Å². The van der Waals surface area contributed by atoms with Gasteiger partial charge in [0.1, 0.15) is 12.4 Å². The van der Waals surface area contributed by atoms with Crippen molar-refractivity contribution in [1.29, 1.82) is 0 Å². The number of anilines is 3. The predicted octanol–water partition coefficient (Wildman–Crippen LogP) is 2.90. The number of nitrogens with one attached hydrogen (secondary N) is 2. The molecular weight excluding hydrogens is 464 g/mol. The van der Waals surface area contributed by atoms with E-state index in [1.54, 1.807) is 31.2 Å². The third-order valence-electron chi connectivity index (χ3n) is 4.66. The Bertz CT molecular complexity index is 1360. The largest absolute Gasteiger partial charge is 0.325 e. The Morgan fingerprint density at radius 2 is 1.67 bits per heavy atom. The number of rotatable bonds is 8. The summed E-state index contributed by atoms with van der Waals surface area (Å²) in [5.41, 5.74) is 2.44. The molecular formula is C22H24N4O5S2. The molecule has 11 heteroatoms. The van der Waals surface area contributed by atoms with Crippen molar-refractivity contribution >= 4 is 43.1 Å². The van der Waals surface area contributed by atoms with Crippen LogP contribution in [0.1, 0.15) is 11.1 Å². The van der Waals surface area contributed by atoms with Crippen LogP contribution in [-0.4, -0.2) is 40.5 Å². The van der Waals surface area contributed by atoms with Crippen LogP contribution in [0.3, 0.4) is 0 Å². The molecule has 0 aliphatic rings. The van der Waals surface area contributed by atoms with E-state index in [9.17, 15) is 21.6 Å². The molecule has 1 amide bonds. The van der Waals surface area contributed by atoms with Crippen LogP contribution in [-0.2, 0) is 24.8 Å². The van der Waals surface area contributed by atoms with E-state index in [-0.39, 0.29) is 10.7 Å². The van der Waals surface area contributed by atoms with Crippen LogP contribution >= 0.6 is 0 Å². The molecule has 9 nitrogen and oxygen atoms in total. The number of carbonyl (C=O) groups excluding carboxylic acids is 1. The van der Waals surface area contributed by atoms with Gasteiger partial charge in [-0.05, 0) is 61.9 Å². The third-order valence-corrected chi connectivity index (χ3v) is 7.16. The monoisotopic (exact) mass is 488 g/mol. The van der Waals surface area contributed by atoms with Crippen LogP contribution in [0.15, 0.2) is 71.8 Å². The molecule has 2 aromatic carbocycles. The lowest BCUT2D eigenvalue weighted by Gasteiger charge is -2.24. The number of aryl methyl sites for hydroxylation is 2. The first-order valence-corrected chi connectivity index (χ1v) is 13.2. The average molecular weight is 489 g/mol. The lowest BCUT2D eigenvalue weighted by atomic mass is 10.1.